The molecule has 0 unspecified atom stereocenters. The number of aryl methyl sites for hydroxylation is 1. The average molecular weight is 990 g/mol. The molecule has 10 aromatic rings. The molecule has 10 rings (SSSR count). The molecule has 0 N–H and O–H groups in total. The Morgan fingerprint density at radius 2 is 1.29 bits per heavy atom. The Morgan fingerprint density at radius 3 is 1.97 bits per heavy atom. The Morgan fingerprint density at radius 1 is 0.645 bits per heavy atom. The molecule has 0 bridgehead atoms. The summed E-state index contributed by atoms with van der Waals surface area (Å²) < 4.78 is 19.3. The molecule has 0 radical (unpaired) electrons. The molecule has 62 heavy (non-hydrogen) atoms. The molecule has 0 aliphatic carbocycles. The summed E-state index contributed by atoms with van der Waals surface area (Å²) >= 11 is 0. The van der Waals surface area contributed by atoms with Crippen LogP contribution in [0.1, 0.15) is 52.7 Å². The van der Waals surface area contributed by atoms with E-state index in [4.69, 9.17) is 14.1 Å². The number of imidazole rings is 1. The van der Waals surface area contributed by atoms with Crippen molar-refractivity contribution >= 4 is 27.5 Å². The van der Waals surface area contributed by atoms with E-state index in [1.54, 1.807) is 6.26 Å². The summed E-state index contributed by atoms with van der Waals surface area (Å²) in [6, 6.07) is 55.7. The van der Waals surface area contributed by atoms with E-state index in [-0.39, 0.29) is 31.9 Å². The number of hydrogen-bond acceptors (Lipinski definition) is 3. The van der Waals surface area contributed by atoms with Crippen LogP contribution in [-0.4, -0.2) is 14.0 Å². The van der Waals surface area contributed by atoms with Crippen molar-refractivity contribution in [2.24, 2.45) is 7.05 Å². The monoisotopic (exact) mass is 989 g/mol. The molecule has 7 heteroatoms. The minimum absolute atomic E-state index is 0. The third-order valence-electron chi connectivity index (χ3n) is 11.6. The van der Waals surface area contributed by atoms with Crippen LogP contribution in [0.3, 0.4) is 0 Å². The van der Waals surface area contributed by atoms with Crippen molar-refractivity contribution in [3.63, 3.8) is 0 Å². The Balaban J connectivity index is 0.00000490. The summed E-state index contributed by atoms with van der Waals surface area (Å²) in [6.45, 7) is 13.4. The van der Waals surface area contributed by atoms with Crippen molar-refractivity contribution in [3.05, 3.63) is 182 Å². The zero-order chi connectivity index (χ0) is 42.0. The van der Waals surface area contributed by atoms with Crippen LogP contribution in [0.25, 0.3) is 78.1 Å². The van der Waals surface area contributed by atoms with E-state index in [2.05, 4.69) is 168 Å². The Hall–Kier alpha value is -6.49. The smallest absolute Gasteiger partial charge is 0.246 e. The van der Waals surface area contributed by atoms with Crippen molar-refractivity contribution in [2.75, 3.05) is 0 Å². The zero-order valence-corrected chi connectivity index (χ0v) is 38.1. The van der Waals surface area contributed by atoms with E-state index in [0.717, 1.165) is 72.4 Å². The molecule has 0 amide bonds. The Kier molecular flexibility index (Phi) is 10.4. The Bertz CT molecular complexity index is 3200. The fourth-order valence-electron chi connectivity index (χ4n) is 8.38. The molecule has 0 saturated carbocycles. The van der Waals surface area contributed by atoms with Crippen molar-refractivity contribution < 1.29 is 34.8 Å². The van der Waals surface area contributed by atoms with E-state index < -0.39 is 0 Å². The number of rotatable bonds is 7. The molecule has 310 valence electrons. The normalized spacial score (nSPS) is 12.0. The van der Waals surface area contributed by atoms with Crippen LogP contribution in [0.15, 0.2) is 156 Å². The second-order valence-electron chi connectivity index (χ2n) is 17.8. The van der Waals surface area contributed by atoms with Gasteiger partial charge >= 0.3 is 0 Å². The third kappa shape index (κ3) is 7.26. The summed E-state index contributed by atoms with van der Waals surface area (Å²) in [4.78, 5) is 4.89. The standard InChI is InChI=1S/C55H46N4O2.Pt/c1-54(2,3)39-24-27-47-46(31-39)45-26-25-42(33-48(45)59(47)50-32-40(28-29-56-50)55(4,5)6)61-41-21-14-20-38(30-41)49-34-60-53-52(57(7)35-58(49)53)51-43(36-16-10-8-11-17-36)22-15-23-44(51)37-18-12-9-13-19-37;/h8-29,31-32,34H,1-7H3;/q-2;. The van der Waals surface area contributed by atoms with Crippen LogP contribution in [0.5, 0.6) is 11.5 Å². The molecule has 0 fully saturated rings. The minimum atomic E-state index is -0.0373. The maximum atomic E-state index is 6.61. The average Bonchev–Trinajstić information content (AvgIpc) is 3.92. The first-order valence-electron chi connectivity index (χ1n) is 20.8. The third-order valence-corrected chi connectivity index (χ3v) is 11.6. The van der Waals surface area contributed by atoms with Gasteiger partial charge in [0.25, 0.3) is 0 Å². The van der Waals surface area contributed by atoms with Gasteiger partial charge in [-0.2, -0.15) is 6.07 Å². The zero-order valence-electron chi connectivity index (χ0n) is 35.9. The molecule has 0 atom stereocenters. The SMILES string of the molecule is C[n+]1[c-]n2c(-c3[c-]c(Oc4[c-]c5c(cc4)c4cc(C(C)(C)C)ccc4n5-c4cc(C(C)(C)C)ccn4)ccc3)coc2c1-c1c(-c2ccccc2)cccc1-c1ccccc1.[Pt]. The van der Waals surface area contributed by atoms with Crippen molar-refractivity contribution in [3.8, 4) is 62.1 Å². The van der Waals surface area contributed by atoms with Gasteiger partial charge in [0.15, 0.2) is 0 Å². The molecule has 0 spiro atoms. The number of hydrogen-bond donors (Lipinski definition) is 0. The second kappa shape index (κ2) is 15.8. The van der Waals surface area contributed by atoms with Gasteiger partial charge in [0.05, 0.1) is 19.0 Å². The second-order valence-corrected chi connectivity index (χ2v) is 17.8. The number of benzene rings is 6. The quantitative estimate of drug-likeness (QED) is 0.118. The maximum Gasteiger partial charge on any atom is 0.246 e. The van der Waals surface area contributed by atoms with Crippen LogP contribution >= 0.6 is 0 Å². The fraction of sp³-hybridized carbons (Fsp3) is 0.164. The number of pyridine rings is 1. The molecule has 6 nitrogen and oxygen atoms in total. The molecule has 4 heterocycles. The summed E-state index contributed by atoms with van der Waals surface area (Å²) in [5, 5.41) is 2.24. The molecule has 0 aliphatic heterocycles. The van der Waals surface area contributed by atoms with Gasteiger partial charge in [0.1, 0.15) is 11.5 Å². The predicted molar refractivity (Wildman–Crippen MR) is 245 cm³/mol. The molecular formula is C55H46N4O2Pt-2. The predicted octanol–water partition coefficient (Wildman–Crippen LogP) is 13.3. The van der Waals surface area contributed by atoms with Gasteiger partial charge in [-0.1, -0.05) is 150 Å². The van der Waals surface area contributed by atoms with Gasteiger partial charge in [-0.05, 0) is 73.4 Å². The van der Waals surface area contributed by atoms with Gasteiger partial charge in [-0.15, -0.1) is 35.7 Å². The first-order chi connectivity index (χ1) is 29.4. The van der Waals surface area contributed by atoms with Crippen LogP contribution in [0.4, 0.5) is 0 Å². The van der Waals surface area contributed by atoms with Crippen molar-refractivity contribution in [2.45, 2.75) is 52.4 Å². The topological polar surface area (TPSA) is 48.5 Å². The van der Waals surface area contributed by atoms with Crippen LogP contribution in [0, 0.1) is 18.5 Å². The van der Waals surface area contributed by atoms with Crippen LogP contribution in [0.2, 0.25) is 0 Å². The van der Waals surface area contributed by atoms with Crippen molar-refractivity contribution in [1.82, 2.24) is 14.0 Å². The van der Waals surface area contributed by atoms with Gasteiger partial charge in [-0.25, -0.2) is 4.98 Å². The molecular weight excluding hydrogens is 944 g/mol. The van der Waals surface area contributed by atoms with Gasteiger partial charge in [0.2, 0.25) is 12.0 Å². The largest absolute Gasteiger partial charge is 0.503 e. The number of nitrogens with zero attached hydrogens (tertiary/aromatic N) is 4. The summed E-state index contributed by atoms with van der Waals surface area (Å²) in [6.07, 6.45) is 7.22. The van der Waals surface area contributed by atoms with E-state index in [1.807, 2.05) is 58.6 Å². The Labute approximate surface area is 377 Å². The number of oxazole rings is 1. The van der Waals surface area contributed by atoms with E-state index >= 15 is 0 Å². The van der Waals surface area contributed by atoms with E-state index in [1.165, 1.54) is 11.1 Å². The van der Waals surface area contributed by atoms with Gasteiger partial charge < -0.3 is 18.3 Å². The number of aromatic nitrogens is 4. The maximum absolute atomic E-state index is 6.61. The van der Waals surface area contributed by atoms with Gasteiger partial charge in [-0.3, -0.25) is 4.40 Å². The van der Waals surface area contributed by atoms with Gasteiger partial charge in [0, 0.05) is 44.3 Å². The van der Waals surface area contributed by atoms with Crippen LogP contribution in [-0.2, 0) is 38.9 Å². The first kappa shape index (κ1) is 40.9. The molecule has 4 aromatic heterocycles. The molecule has 6 aromatic carbocycles. The summed E-state index contributed by atoms with van der Waals surface area (Å²) in [7, 11) is 2.02. The van der Waals surface area contributed by atoms with Crippen LogP contribution < -0.4 is 9.30 Å². The summed E-state index contributed by atoms with van der Waals surface area (Å²) in [5.41, 5.74) is 13.2. The molecule has 0 aliphatic rings. The number of ether oxygens (including phenoxy) is 1. The van der Waals surface area contributed by atoms with E-state index in [0.29, 0.717) is 17.2 Å². The fourth-order valence-corrected chi connectivity index (χ4v) is 8.38. The number of fused-ring (bicyclic) bond motifs is 4. The molecule has 0 saturated heterocycles. The first-order valence-corrected chi connectivity index (χ1v) is 20.8. The van der Waals surface area contributed by atoms with Crippen molar-refractivity contribution in [1.29, 1.82) is 0 Å². The van der Waals surface area contributed by atoms with E-state index in [9.17, 15) is 0 Å². The summed E-state index contributed by atoms with van der Waals surface area (Å²) in [5.74, 6) is 1.99. The minimum Gasteiger partial charge on any atom is -0.503 e.